The molecule has 80 valence electrons. The van der Waals surface area contributed by atoms with Crippen LogP contribution in [0.3, 0.4) is 0 Å². The van der Waals surface area contributed by atoms with Crippen LogP contribution in [-0.4, -0.2) is 36.0 Å². The summed E-state index contributed by atoms with van der Waals surface area (Å²) < 4.78 is 24.1. The molecule has 0 saturated heterocycles. The van der Waals surface area contributed by atoms with Gasteiger partial charge in [0, 0.05) is 31.7 Å². The predicted molar refractivity (Wildman–Crippen MR) is 56.0 cm³/mol. The predicted octanol–water partition coefficient (Wildman–Crippen LogP) is 0.267. The number of imidazole rings is 1. The van der Waals surface area contributed by atoms with Gasteiger partial charge in [0.05, 0.1) is 5.75 Å². The second-order valence-corrected chi connectivity index (χ2v) is 5.50. The Balaban J connectivity index is 2.40. The van der Waals surface area contributed by atoms with E-state index in [0.29, 0.717) is 12.5 Å². The summed E-state index contributed by atoms with van der Waals surface area (Å²) >= 11 is 0. The highest BCUT2D eigenvalue weighted by atomic mass is 32.2. The van der Waals surface area contributed by atoms with Crippen molar-refractivity contribution in [1.82, 2.24) is 9.55 Å². The van der Waals surface area contributed by atoms with Gasteiger partial charge in [-0.1, -0.05) is 6.92 Å². The van der Waals surface area contributed by atoms with Crippen LogP contribution >= 0.6 is 0 Å². The Kier molecular flexibility index (Phi) is 3.51. The van der Waals surface area contributed by atoms with Crippen LogP contribution in [0.25, 0.3) is 0 Å². The zero-order valence-electron chi connectivity index (χ0n) is 8.40. The fraction of sp³-hybridized carbons (Fsp3) is 0.625. The molecule has 0 aliphatic carbocycles. The molecule has 1 aromatic rings. The largest absolute Gasteiger partial charge is 0.355 e. The minimum absolute atomic E-state index is 0.149. The summed E-state index contributed by atoms with van der Waals surface area (Å²) in [5.74, 6) is 1.03. The first-order chi connectivity index (χ1) is 6.55. The van der Waals surface area contributed by atoms with E-state index in [1.54, 1.807) is 23.9 Å². The molecule has 0 amide bonds. The second-order valence-electron chi connectivity index (χ2n) is 3.02. The van der Waals surface area contributed by atoms with Crippen molar-refractivity contribution in [3.8, 4) is 0 Å². The molecule has 0 saturated carbocycles. The minimum Gasteiger partial charge on any atom is -0.355 e. The third-order valence-corrected chi connectivity index (χ3v) is 3.66. The van der Waals surface area contributed by atoms with E-state index in [4.69, 9.17) is 0 Å². The van der Waals surface area contributed by atoms with Crippen molar-refractivity contribution in [2.45, 2.75) is 6.92 Å². The average molecular weight is 217 g/mol. The van der Waals surface area contributed by atoms with Gasteiger partial charge in [0.15, 0.2) is 9.84 Å². The van der Waals surface area contributed by atoms with Crippen molar-refractivity contribution in [2.75, 3.05) is 23.4 Å². The summed E-state index contributed by atoms with van der Waals surface area (Å²) in [6, 6.07) is 0. The smallest absolute Gasteiger partial charge is 0.202 e. The Bertz CT molecular complexity index is 383. The molecule has 6 heteroatoms. The summed E-state index contributed by atoms with van der Waals surface area (Å²) in [4.78, 5) is 4.02. The van der Waals surface area contributed by atoms with Crippen molar-refractivity contribution in [2.24, 2.45) is 7.05 Å². The van der Waals surface area contributed by atoms with Gasteiger partial charge in [-0.3, -0.25) is 0 Å². The van der Waals surface area contributed by atoms with Crippen LogP contribution in [0.5, 0.6) is 0 Å². The lowest BCUT2D eigenvalue weighted by atomic mass is 10.7. The summed E-state index contributed by atoms with van der Waals surface area (Å²) in [5, 5.41) is 2.96. The van der Waals surface area contributed by atoms with E-state index < -0.39 is 9.84 Å². The van der Waals surface area contributed by atoms with Crippen LogP contribution in [0.1, 0.15) is 6.92 Å². The molecule has 0 radical (unpaired) electrons. The van der Waals surface area contributed by atoms with Gasteiger partial charge in [0.1, 0.15) is 0 Å². The van der Waals surface area contributed by atoms with E-state index in [1.807, 2.05) is 7.05 Å². The molecule has 1 aromatic heterocycles. The Hall–Kier alpha value is -1.04. The van der Waals surface area contributed by atoms with Gasteiger partial charge in [0.25, 0.3) is 0 Å². The monoisotopic (exact) mass is 217 g/mol. The summed E-state index contributed by atoms with van der Waals surface area (Å²) in [6.07, 6.45) is 3.47. The number of nitrogens with one attached hydrogen (secondary N) is 1. The lowest BCUT2D eigenvalue weighted by Gasteiger charge is -2.05. The van der Waals surface area contributed by atoms with Crippen LogP contribution < -0.4 is 5.32 Å². The lowest BCUT2D eigenvalue weighted by Crippen LogP contribution is -2.18. The normalized spacial score (nSPS) is 11.6. The summed E-state index contributed by atoms with van der Waals surface area (Å²) in [6.45, 7) is 2.05. The number of rotatable bonds is 5. The first-order valence-corrected chi connectivity index (χ1v) is 6.29. The van der Waals surface area contributed by atoms with Crippen LogP contribution in [0.2, 0.25) is 0 Å². The van der Waals surface area contributed by atoms with E-state index >= 15 is 0 Å². The van der Waals surface area contributed by atoms with E-state index in [1.165, 1.54) is 0 Å². The van der Waals surface area contributed by atoms with Gasteiger partial charge in [-0.15, -0.1) is 0 Å². The minimum atomic E-state index is -2.89. The van der Waals surface area contributed by atoms with Gasteiger partial charge in [-0.25, -0.2) is 13.4 Å². The fourth-order valence-corrected chi connectivity index (χ4v) is 1.70. The number of anilines is 1. The number of aromatic nitrogens is 2. The maximum absolute atomic E-state index is 11.1. The molecule has 1 rings (SSSR count). The number of hydrogen-bond acceptors (Lipinski definition) is 4. The molecule has 0 aliphatic heterocycles. The summed E-state index contributed by atoms with van der Waals surface area (Å²) in [7, 11) is -1.03. The highest BCUT2D eigenvalue weighted by Gasteiger charge is 2.06. The van der Waals surface area contributed by atoms with Crippen LogP contribution in [0.4, 0.5) is 5.95 Å². The fourth-order valence-electron chi connectivity index (χ4n) is 0.999. The molecular weight excluding hydrogens is 202 g/mol. The molecule has 5 nitrogen and oxygen atoms in total. The first kappa shape index (κ1) is 11.0. The number of sulfone groups is 1. The molecule has 0 spiro atoms. The van der Waals surface area contributed by atoms with E-state index in [2.05, 4.69) is 10.3 Å². The van der Waals surface area contributed by atoms with Crippen molar-refractivity contribution in [3.05, 3.63) is 12.4 Å². The van der Waals surface area contributed by atoms with Crippen LogP contribution in [-0.2, 0) is 16.9 Å². The highest BCUT2D eigenvalue weighted by molar-refractivity contribution is 7.91. The SMILES string of the molecule is CCS(=O)(=O)CCNc1nccn1C. The molecule has 0 atom stereocenters. The van der Waals surface area contributed by atoms with E-state index in [9.17, 15) is 8.42 Å². The first-order valence-electron chi connectivity index (χ1n) is 4.47. The topological polar surface area (TPSA) is 64.0 Å². The van der Waals surface area contributed by atoms with Gasteiger partial charge >= 0.3 is 0 Å². The van der Waals surface area contributed by atoms with Gasteiger partial charge < -0.3 is 9.88 Å². The van der Waals surface area contributed by atoms with Crippen molar-refractivity contribution >= 4 is 15.8 Å². The van der Waals surface area contributed by atoms with Crippen molar-refractivity contribution in [1.29, 1.82) is 0 Å². The van der Waals surface area contributed by atoms with Crippen LogP contribution in [0, 0.1) is 0 Å². The second kappa shape index (κ2) is 4.45. The molecule has 0 aromatic carbocycles. The zero-order chi connectivity index (χ0) is 10.6. The highest BCUT2D eigenvalue weighted by Crippen LogP contribution is 2.00. The quantitative estimate of drug-likeness (QED) is 0.768. The van der Waals surface area contributed by atoms with E-state index in [0.717, 1.165) is 0 Å². The van der Waals surface area contributed by atoms with Crippen LogP contribution in [0.15, 0.2) is 12.4 Å². The zero-order valence-corrected chi connectivity index (χ0v) is 9.21. The molecule has 1 N–H and O–H groups in total. The van der Waals surface area contributed by atoms with Gasteiger partial charge in [0.2, 0.25) is 5.95 Å². The molecule has 0 unspecified atom stereocenters. The lowest BCUT2D eigenvalue weighted by molar-refractivity contribution is 0.597. The maximum atomic E-state index is 11.1. The average Bonchev–Trinajstić information content (AvgIpc) is 2.52. The molecule has 14 heavy (non-hydrogen) atoms. The number of aryl methyl sites for hydroxylation is 1. The standard InChI is InChI=1S/C8H15N3O2S/c1-3-14(12,13)7-5-10-8-9-4-6-11(8)2/h4,6H,3,5,7H2,1-2H3,(H,9,10). The molecule has 0 fully saturated rings. The Morgan fingerprint density at radius 1 is 1.57 bits per heavy atom. The maximum Gasteiger partial charge on any atom is 0.202 e. The molecular formula is C8H15N3O2S. The molecule has 0 bridgehead atoms. The summed E-state index contributed by atoms with van der Waals surface area (Å²) in [5.41, 5.74) is 0. The molecule has 0 aliphatic rings. The van der Waals surface area contributed by atoms with Gasteiger partial charge in [-0.05, 0) is 0 Å². The van der Waals surface area contributed by atoms with Crippen molar-refractivity contribution in [3.63, 3.8) is 0 Å². The third-order valence-electron chi connectivity index (χ3n) is 1.96. The van der Waals surface area contributed by atoms with Gasteiger partial charge in [-0.2, -0.15) is 0 Å². The molecule has 1 heterocycles. The Morgan fingerprint density at radius 2 is 2.29 bits per heavy atom. The Labute approximate surface area is 84.1 Å². The Morgan fingerprint density at radius 3 is 2.79 bits per heavy atom. The third kappa shape index (κ3) is 3.02. The van der Waals surface area contributed by atoms with E-state index in [-0.39, 0.29) is 11.5 Å². The van der Waals surface area contributed by atoms with Crippen molar-refractivity contribution < 1.29 is 8.42 Å². The number of nitrogens with zero attached hydrogens (tertiary/aromatic N) is 2. The number of hydrogen-bond donors (Lipinski definition) is 1.